The zero-order chi connectivity index (χ0) is 15.1. The maximum atomic E-state index is 12.3. The number of carbonyl (C=O) groups is 1. The van der Waals surface area contributed by atoms with Crippen LogP contribution in [0.5, 0.6) is 5.75 Å². The van der Waals surface area contributed by atoms with Crippen LogP contribution in [0.25, 0.3) is 0 Å². The van der Waals surface area contributed by atoms with E-state index in [0.29, 0.717) is 6.42 Å². The molecule has 0 spiro atoms. The molecule has 0 bridgehead atoms. The van der Waals surface area contributed by atoms with Crippen LogP contribution in [0.3, 0.4) is 0 Å². The van der Waals surface area contributed by atoms with Crippen molar-refractivity contribution in [1.29, 1.82) is 0 Å². The van der Waals surface area contributed by atoms with E-state index in [4.69, 9.17) is 16.3 Å². The van der Waals surface area contributed by atoms with Crippen LogP contribution in [0.15, 0.2) is 35.9 Å². The molecule has 0 atom stereocenters. The van der Waals surface area contributed by atoms with E-state index in [-0.39, 0.29) is 5.91 Å². The smallest absolute Gasteiger partial charge is 0.227 e. The highest BCUT2D eigenvalue weighted by Gasteiger charge is 2.20. The number of hydrogen-bond donors (Lipinski definition) is 0. The molecule has 0 aliphatic carbocycles. The number of rotatable bonds is 5. The molecule has 1 amide bonds. The Morgan fingerprint density at radius 1 is 1.33 bits per heavy atom. The molecule has 114 valence electrons. The second kappa shape index (κ2) is 8.05. The topological polar surface area (TPSA) is 32.8 Å². The molecule has 4 nitrogen and oxygen atoms in total. The summed E-state index contributed by atoms with van der Waals surface area (Å²) in [6, 6.07) is 7.68. The van der Waals surface area contributed by atoms with Gasteiger partial charge in [-0.05, 0) is 17.7 Å². The largest absolute Gasteiger partial charge is 0.497 e. The zero-order valence-electron chi connectivity index (χ0n) is 12.3. The van der Waals surface area contributed by atoms with Crippen LogP contribution in [0.4, 0.5) is 0 Å². The molecule has 2 rings (SSSR count). The van der Waals surface area contributed by atoms with Gasteiger partial charge in [-0.1, -0.05) is 29.8 Å². The Kier molecular flexibility index (Phi) is 6.08. The van der Waals surface area contributed by atoms with Crippen molar-refractivity contribution in [2.24, 2.45) is 0 Å². The van der Waals surface area contributed by atoms with Gasteiger partial charge in [0.15, 0.2) is 0 Å². The van der Waals surface area contributed by atoms with Crippen LogP contribution in [0.1, 0.15) is 5.56 Å². The second-order valence-electron chi connectivity index (χ2n) is 5.07. The van der Waals surface area contributed by atoms with Gasteiger partial charge in [0.25, 0.3) is 0 Å². The molecule has 0 saturated carbocycles. The molecule has 1 fully saturated rings. The van der Waals surface area contributed by atoms with Crippen LogP contribution in [0.2, 0.25) is 0 Å². The van der Waals surface area contributed by atoms with Crippen LogP contribution >= 0.6 is 11.6 Å². The number of halogens is 1. The van der Waals surface area contributed by atoms with E-state index in [2.05, 4.69) is 4.90 Å². The molecular weight excluding hydrogens is 288 g/mol. The summed E-state index contributed by atoms with van der Waals surface area (Å²) in [5.41, 5.74) is 2.53. The van der Waals surface area contributed by atoms with E-state index in [1.165, 1.54) is 0 Å². The standard InChI is InChI=1S/C16H21ClN2O2/c1-21-15-5-2-4-14(12-15)13-16(20)19-10-8-18(9-11-19)7-3-6-17/h2-6,12H,7-11,13H2,1H3/b6-3+. The first-order chi connectivity index (χ1) is 10.2. The normalized spacial score (nSPS) is 16.4. The number of carbonyl (C=O) groups excluding carboxylic acids is 1. The van der Waals surface area contributed by atoms with Crippen LogP contribution in [-0.2, 0) is 11.2 Å². The van der Waals surface area contributed by atoms with Gasteiger partial charge in [-0.3, -0.25) is 9.69 Å². The number of benzene rings is 1. The number of hydrogen-bond acceptors (Lipinski definition) is 3. The predicted octanol–water partition coefficient (Wildman–Crippen LogP) is 2.13. The first kappa shape index (κ1) is 15.9. The fourth-order valence-corrected chi connectivity index (χ4v) is 2.52. The van der Waals surface area contributed by atoms with E-state index >= 15 is 0 Å². The van der Waals surface area contributed by atoms with E-state index in [1.54, 1.807) is 12.6 Å². The Hall–Kier alpha value is -1.52. The minimum absolute atomic E-state index is 0.177. The molecule has 1 aliphatic heterocycles. The van der Waals surface area contributed by atoms with Gasteiger partial charge in [0, 0.05) is 38.3 Å². The zero-order valence-corrected chi connectivity index (χ0v) is 13.1. The summed E-state index contributed by atoms with van der Waals surface area (Å²) < 4.78 is 5.18. The Balaban J connectivity index is 1.84. The first-order valence-corrected chi connectivity index (χ1v) is 7.55. The van der Waals surface area contributed by atoms with Crippen molar-refractivity contribution < 1.29 is 9.53 Å². The highest BCUT2D eigenvalue weighted by Crippen LogP contribution is 2.14. The van der Waals surface area contributed by atoms with E-state index in [0.717, 1.165) is 44.0 Å². The van der Waals surface area contributed by atoms with Crippen molar-refractivity contribution in [3.63, 3.8) is 0 Å². The summed E-state index contributed by atoms with van der Waals surface area (Å²) in [7, 11) is 1.63. The highest BCUT2D eigenvalue weighted by atomic mass is 35.5. The van der Waals surface area contributed by atoms with Crippen molar-refractivity contribution in [2.75, 3.05) is 39.8 Å². The number of ether oxygens (including phenoxy) is 1. The Morgan fingerprint density at radius 3 is 2.76 bits per heavy atom. The average Bonchev–Trinajstić information content (AvgIpc) is 2.53. The molecule has 0 aromatic heterocycles. The van der Waals surface area contributed by atoms with Gasteiger partial charge in [-0.25, -0.2) is 0 Å². The minimum atomic E-state index is 0.177. The van der Waals surface area contributed by atoms with Gasteiger partial charge < -0.3 is 9.64 Å². The fraction of sp³-hybridized carbons (Fsp3) is 0.438. The first-order valence-electron chi connectivity index (χ1n) is 7.11. The molecule has 1 aliphatic rings. The summed E-state index contributed by atoms with van der Waals surface area (Å²) in [5.74, 6) is 0.966. The quantitative estimate of drug-likeness (QED) is 0.835. The molecule has 1 heterocycles. The highest BCUT2D eigenvalue weighted by molar-refractivity contribution is 6.25. The van der Waals surface area contributed by atoms with Crippen LogP contribution in [0, 0.1) is 0 Å². The van der Waals surface area contributed by atoms with E-state index in [9.17, 15) is 4.79 Å². The van der Waals surface area contributed by atoms with Crippen molar-refractivity contribution >= 4 is 17.5 Å². The Bertz CT molecular complexity index is 497. The van der Waals surface area contributed by atoms with E-state index in [1.807, 2.05) is 35.2 Å². The second-order valence-corrected chi connectivity index (χ2v) is 5.32. The van der Waals surface area contributed by atoms with E-state index < -0.39 is 0 Å². The summed E-state index contributed by atoms with van der Waals surface area (Å²) in [6.45, 7) is 4.19. The fourth-order valence-electron chi connectivity index (χ4n) is 2.44. The molecular formula is C16H21ClN2O2. The van der Waals surface area contributed by atoms with Crippen LogP contribution in [-0.4, -0.2) is 55.5 Å². The van der Waals surface area contributed by atoms with Gasteiger partial charge >= 0.3 is 0 Å². The molecule has 21 heavy (non-hydrogen) atoms. The lowest BCUT2D eigenvalue weighted by Crippen LogP contribution is -2.49. The maximum Gasteiger partial charge on any atom is 0.227 e. The SMILES string of the molecule is COc1cccc(CC(=O)N2CCN(C/C=C/Cl)CC2)c1. The average molecular weight is 309 g/mol. The number of piperazine rings is 1. The van der Waals surface area contributed by atoms with Crippen molar-refractivity contribution in [3.05, 3.63) is 41.4 Å². The summed E-state index contributed by atoms with van der Waals surface area (Å²) >= 11 is 5.53. The Labute approximate surface area is 130 Å². The number of amides is 1. The minimum Gasteiger partial charge on any atom is -0.497 e. The lowest BCUT2D eigenvalue weighted by Gasteiger charge is -2.34. The molecule has 0 N–H and O–H groups in total. The Morgan fingerprint density at radius 2 is 2.10 bits per heavy atom. The summed E-state index contributed by atoms with van der Waals surface area (Å²) in [5, 5.41) is 0. The monoisotopic (exact) mass is 308 g/mol. The third-order valence-corrected chi connectivity index (χ3v) is 3.85. The molecule has 5 heteroatoms. The third-order valence-electron chi connectivity index (χ3n) is 3.67. The maximum absolute atomic E-state index is 12.3. The predicted molar refractivity (Wildman–Crippen MR) is 84.7 cm³/mol. The van der Waals surface area contributed by atoms with Gasteiger partial charge in [0.05, 0.1) is 13.5 Å². The van der Waals surface area contributed by atoms with Gasteiger partial charge in [0.1, 0.15) is 5.75 Å². The van der Waals surface area contributed by atoms with Crippen molar-refractivity contribution in [1.82, 2.24) is 9.80 Å². The van der Waals surface area contributed by atoms with Gasteiger partial charge in [0.2, 0.25) is 5.91 Å². The molecule has 1 saturated heterocycles. The van der Waals surface area contributed by atoms with Gasteiger partial charge in [-0.2, -0.15) is 0 Å². The van der Waals surface area contributed by atoms with Crippen molar-refractivity contribution in [2.45, 2.75) is 6.42 Å². The summed E-state index contributed by atoms with van der Waals surface area (Å²) in [6.07, 6.45) is 2.36. The molecule has 0 radical (unpaired) electrons. The lowest BCUT2D eigenvalue weighted by atomic mass is 10.1. The van der Waals surface area contributed by atoms with Gasteiger partial charge in [-0.15, -0.1) is 0 Å². The third kappa shape index (κ3) is 4.76. The summed E-state index contributed by atoms with van der Waals surface area (Å²) in [4.78, 5) is 16.5. The molecule has 1 aromatic carbocycles. The van der Waals surface area contributed by atoms with Crippen LogP contribution < -0.4 is 4.74 Å². The number of nitrogens with zero attached hydrogens (tertiary/aromatic N) is 2. The molecule has 1 aromatic rings. The lowest BCUT2D eigenvalue weighted by molar-refractivity contribution is -0.132. The molecule has 0 unspecified atom stereocenters. The van der Waals surface area contributed by atoms with Crippen molar-refractivity contribution in [3.8, 4) is 5.75 Å². The number of methoxy groups -OCH3 is 1.